The number of nitrogens with zero attached hydrogens (tertiary/aromatic N) is 1. The van der Waals surface area contributed by atoms with E-state index in [9.17, 15) is 9.18 Å². The number of ether oxygens (including phenoxy) is 1. The molecule has 100 valence electrons. The molecule has 1 aromatic heterocycles. The third-order valence-corrected chi connectivity index (χ3v) is 3.03. The zero-order valence-corrected chi connectivity index (χ0v) is 11.1. The Morgan fingerprint density at radius 1 is 1.47 bits per heavy atom. The first-order valence-electron chi connectivity index (χ1n) is 5.77. The summed E-state index contributed by atoms with van der Waals surface area (Å²) in [5.41, 5.74) is 2.87. The minimum Gasteiger partial charge on any atom is -0.464 e. The van der Waals surface area contributed by atoms with Crippen LogP contribution in [0.1, 0.15) is 18.7 Å². The predicted molar refractivity (Wildman–Crippen MR) is 71.5 cm³/mol. The number of anilines is 1. The minimum atomic E-state index is -0.684. The lowest BCUT2D eigenvalue weighted by molar-refractivity contribution is -0.144. The van der Waals surface area contributed by atoms with Crippen LogP contribution < -0.4 is 5.32 Å². The molecule has 0 saturated heterocycles. The fourth-order valence-corrected chi connectivity index (χ4v) is 2.14. The number of carbonyl (C=O) groups excluding carboxylic acids is 1. The number of nitrogens with one attached hydrogen (secondary N) is 1. The van der Waals surface area contributed by atoms with E-state index < -0.39 is 12.0 Å². The number of carbonyl (C=O) groups is 1. The van der Waals surface area contributed by atoms with Gasteiger partial charge in [-0.05, 0) is 31.2 Å². The van der Waals surface area contributed by atoms with Gasteiger partial charge in [-0.15, -0.1) is 11.3 Å². The molecule has 6 heteroatoms. The van der Waals surface area contributed by atoms with Gasteiger partial charge in [-0.3, -0.25) is 0 Å². The molecule has 1 N–H and O–H groups in total. The van der Waals surface area contributed by atoms with Gasteiger partial charge in [0, 0.05) is 11.1 Å². The van der Waals surface area contributed by atoms with Crippen molar-refractivity contribution in [2.24, 2.45) is 0 Å². The standard InChI is InChI=1S/C13H13FN2O2S/c1-2-18-13(17)12(11-7-19-8-15-11)16-10-5-3-9(14)4-6-10/h3-8,12,16H,2H2,1H3. The summed E-state index contributed by atoms with van der Waals surface area (Å²) < 4.78 is 17.9. The molecular weight excluding hydrogens is 267 g/mol. The van der Waals surface area contributed by atoms with Crippen molar-refractivity contribution in [3.8, 4) is 0 Å². The molecule has 1 unspecified atom stereocenters. The molecule has 0 bridgehead atoms. The number of halogens is 1. The van der Waals surface area contributed by atoms with Gasteiger partial charge in [-0.1, -0.05) is 0 Å². The van der Waals surface area contributed by atoms with Gasteiger partial charge in [0.25, 0.3) is 0 Å². The summed E-state index contributed by atoms with van der Waals surface area (Å²) in [6.07, 6.45) is 0. The van der Waals surface area contributed by atoms with Crippen molar-refractivity contribution in [2.45, 2.75) is 13.0 Å². The highest BCUT2D eigenvalue weighted by atomic mass is 32.1. The van der Waals surface area contributed by atoms with Crippen LogP contribution in [0.5, 0.6) is 0 Å². The second-order valence-corrected chi connectivity index (χ2v) is 4.47. The molecule has 0 spiro atoms. The third kappa shape index (κ3) is 3.51. The summed E-state index contributed by atoms with van der Waals surface area (Å²) in [7, 11) is 0. The maximum absolute atomic E-state index is 12.8. The van der Waals surface area contributed by atoms with E-state index in [1.165, 1.54) is 23.5 Å². The normalized spacial score (nSPS) is 11.9. The minimum absolute atomic E-state index is 0.296. The highest BCUT2D eigenvalue weighted by molar-refractivity contribution is 7.07. The largest absolute Gasteiger partial charge is 0.464 e. The average Bonchev–Trinajstić information content (AvgIpc) is 2.92. The summed E-state index contributed by atoms with van der Waals surface area (Å²) in [4.78, 5) is 16.0. The SMILES string of the molecule is CCOC(=O)C(Nc1ccc(F)cc1)c1cscn1. The van der Waals surface area contributed by atoms with Crippen LogP contribution in [0.2, 0.25) is 0 Å². The van der Waals surface area contributed by atoms with Gasteiger partial charge in [0.15, 0.2) is 6.04 Å². The predicted octanol–water partition coefficient (Wildman–Crippen LogP) is 3.00. The fraction of sp³-hybridized carbons (Fsp3) is 0.231. The Hall–Kier alpha value is -1.95. The monoisotopic (exact) mass is 280 g/mol. The Bertz CT molecular complexity index is 528. The molecule has 0 fully saturated rings. The molecule has 1 heterocycles. The second kappa shape index (κ2) is 6.29. The number of rotatable bonds is 5. The molecule has 4 nitrogen and oxygen atoms in total. The van der Waals surface area contributed by atoms with Gasteiger partial charge >= 0.3 is 5.97 Å². The first-order chi connectivity index (χ1) is 9.20. The van der Waals surface area contributed by atoms with E-state index in [0.29, 0.717) is 18.0 Å². The number of benzene rings is 1. The Kier molecular flexibility index (Phi) is 4.46. The number of thiazole rings is 1. The van der Waals surface area contributed by atoms with Crippen molar-refractivity contribution in [2.75, 3.05) is 11.9 Å². The van der Waals surface area contributed by atoms with E-state index in [2.05, 4.69) is 10.3 Å². The molecule has 0 saturated carbocycles. The Morgan fingerprint density at radius 2 is 2.21 bits per heavy atom. The third-order valence-electron chi connectivity index (χ3n) is 2.42. The van der Waals surface area contributed by atoms with Crippen LogP contribution >= 0.6 is 11.3 Å². The molecule has 0 amide bonds. The second-order valence-electron chi connectivity index (χ2n) is 3.75. The number of aromatic nitrogens is 1. The van der Waals surface area contributed by atoms with E-state index in [1.54, 1.807) is 29.9 Å². The molecule has 0 aliphatic heterocycles. The van der Waals surface area contributed by atoms with Crippen molar-refractivity contribution in [3.05, 3.63) is 46.7 Å². The van der Waals surface area contributed by atoms with Crippen molar-refractivity contribution in [3.63, 3.8) is 0 Å². The maximum atomic E-state index is 12.8. The Labute approximate surface area is 114 Å². The van der Waals surface area contributed by atoms with Crippen molar-refractivity contribution < 1.29 is 13.9 Å². The summed E-state index contributed by atoms with van der Waals surface area (Å²) in [6, 6.07) is 5.09. The molecule has 0 radical (unpaired) electrons. The maximum Gasteiger partial charge on any atom is 0.334 e. The van der Waals surface area contributed by atoms with E-state index >= 15 is 0 Å². The molecular formula is C13H13FN2O2S. The average molecular weight is 280 g/mol. The van der Waals surface area contributed by atoms with Crippen molar-refractivity contribution in [1.82, 2.24) is 4.98 Å². The zero-order valence-electron chi connectivity index (χ0n) is 10.3. The van der Waals surface area contributed by atoms with Crippen LogP contribution in [-0.2, 0) is 9.53 Å². The molecule has 2 rings (SSSR count). The van der Waals surface area contributed by atoms with Gasteiger partial charge in [0.05, 0.1) is 17.8 Å². The topological polar surface area (TPSA) is 51.2 Å². The first kappa shape index (κ1) is 13.5. The Morgan fingerprint density at radius 3 is 2.79 bits per heavy atom. The van der Waals surface area contributed by atoms with E-state index in [4.69, 9.17) is 4.74 Å². The number of esters is 1. The van der Waals surface area contributed by atoms with Crippen molar-refractivity contribution >= 4 is 23.0 Å². The summed E-state index contributed by atoms with van der Waals surface area (Å²) in [5, 5.41) is 4.77. The molecule has 2 aromatic rings. The summed E-state index contributed by atoms with van der Waals surface area (Å²) in [5.74, 6) is -0.732. The van der Waals surface area contributed by atoms with Gasteiger partial charge in [0.2, 0.25) is 0 Å². The highest BCUT2D eigenvalue weighted by Gasteiger charge is 2.23. The van der Waals surface area contributed by atoms with Crippen LogP contribution in [0.3, 0.4) is 0 Å². The van der Waals surface area contributed by atoms with Crippen LogP contribution in [-0.4, -0.2) is 17.6 Å². The highest BCUT2D eigenvalue weighted by Crippen LogP contribution is 2.21. The van der Waals surface area contributed by atoms with E-state index in [0.717, 1.165) is 0 Å². The zero-order chi connectivity index (χ0) is 13.7. The van der Waals surface area contributed by atoms with Gasteiger partial charge in [-0.2, -0.15) is 0 Å². The molecule has 1 atom stereocenters. The lowest BCUT2D eigenvalue weighted by Gasteiger charge is -2.16. The molecule has 1 aromatic carbocycles. The van der Waals surface area contributed by atoms with E-state index in [-0.39, 0.29) is 5.82 Å². The molecule has 19 heavy (non-hydrogen) atoms. The van der Waals surface area contributed by atoms with Crippen LogP contribution in [0.15, 0.2) is 35.2 Å². The van der Waals surface area contributed by atoms with E-state index in [1.807, 2.05) is 0 Å². The smallest absolute Gasteiger partial charge is 0.334 e. The summed E-state index contributed by atoms with van der Waals surface area (Å²) in [6.45, 7) is 2.04. The van der Waals surface area contributed by atoms with Crippen LogP contribution in [0, 0.1) is 5.82 Å². The quantitative estimate of drug-likeness (QED) is 0.855. The first-order valence-corrected chi connectivity index (χ1v) is 6.72. The molecule has 0 aliphatic rings. The van der Waals surface area contributed by atoms with Crippen LogP contribution in [0.25, 0.3) is 0 Å². The van der Waals surface area contributed by atoms with Gasteiger partial charge in [-0.25, -0.2) is 14.2 Å². The summed E-state index contributed by atoms with van der Waals surface area (Å²) >= 11 is 1.40. The Balaban J connectivity index is 2.18. The fourth-order valence-electron chi connectivity index (χ4n) is 1.56. The number of hydrogen-bond donors (Lipinski definition) is 1. The van der Waals surface area contributed by atoms with Crippen LogP contribution in [0.4, 0.5) is 10.1 Å². The number of hydrogen-bond acceptors (Lipinski definition) is 5. The molecule has 0 aliphatic carbocycles. The van der Waals surface area contributed by atoms with Gasteiger partial charge in [0.1, 0.15) is 5.82 Å². The lowest BCUT2D eigenvalue weighted by atomic mass is 10.2. The lowest BCUT2D eigenvalue weighted by Crippen LogP contribution is -2.23. The van der Waals surface area contributed by atoms with Crippen molar-refractivity contribution in [1.29, 1.82) is 0 Å². The van der Waals surface area contributed by atoms with Gasteiger partial charge < -0.3 is 10.1 Å².